The van der Waals surface area contributed by atoms with Crippen LogP contribution in [0, 0.1) is 0 Å². The maximum atomic E-state index is 12.6. The molecule has 0 unspecified atom stereocenters. The highest BCUT2D eigenvalue weighted by Crippen LogP contribution is 2.30. The maximum Gasteiger partial charge on any atom is 0.434 e. The number of benzene rings is 1. The number of nitrogens with one attached hydrogen (secondary N) is 3. The predicted octanol–water partition coefficient (Wildman–Crippen LogP) is 4.25. The predicted molar refractivity (Wildman–Crippen MR) is 107 cm³/mol. The standard InChI is InChI=1S/C18H19ClF3N5S/c1-23-17(25-7-5-16-27-15(10-28-16)18(20,21)22)24-6-4-11-9-26-14-3-2-12(19)8-13(11)14/h2-3,8-10,26H,4-7H2,1H3,(H2,23,24,25). The van der Waals surface area contributed by atoms with E-state index < -0.39 is 11.9 Å². The summed E-state index contributed by atoms with van der Waals surface area (Å²) in [5, 5.41) is 9.53. The highest BCUT2D eigenvalue weighted by atomic mass is 35.5. The topological polar surface area (TPSA) is 65.1 Å². The molecular formula is C18H19ClF3N5S. The molecule has 2 aromatic heterocycles. The van der Waals surface area contributed by atoms with Crippen LogP contribution in [-0.4, -0.2) is 36.1 Å². The van der Waals surface area contributed by atoms with Crippen molar-refractivity contribution in [3.05, 3.63) is 51.1 Å². The van der Waals surface area contributed by atoms with E-state index in [0.717, 1.165) is 39.6 Å². The minimum absolute atomic E-state index is 0.391. The molecule has 0 radical (unpaired) electrons. The van der Waals surface area contributed by atoms with Gasteiger partial charge < -0.3 is 15.6 Å². The van der Waals surface area contributed by atoms with E-state index in [-0.39, 0.29) is 0 Å². The van der Waals surface area contributed by atoms with Crippen LogP contribution in [0.3, 0.4) is 0 Å². The lowest BCUT2D eigenvalue weighted by Gasteiger charge is -2.11. The van der Waals surface area contributed by atoms with Crippen LogP contribution < -0.4 is 10.6 Å². The fourth-order valence-corrected chi connectivity index (χ4v) is 3.71. The first-order chi connectivity index (χ1) is 13.4. The third-order valence-electron chi connectivity index (χ3n) is 4.11. The molecule has 0 spiro atoms. The lowest BCUT2D eigenvalue weighted by atomic mass is 10.1. The molecule has 0 aliphatic rings. The summed E-state index contributed by atoms with van der Waals surface area (Å²) in [5.41, 5.74) is 1.33. The highest BCUT2D eigenvalue weighted by Gasteiger charge is 2.33. The molecule has 0 saturated carbocycles. The third-order valence-corrected chi connectivity index (χ3v) is 5.26. The van der Waals surface area contributed by atoms with Gasteiger partial charge in [-0.15, -0.1) is 11.3 Å². The Balaban J connectivity index is 1.46. The lowest BCUT2D eigenvalue weighted by Crippen LogP contribution is -2.39. The Bertz CT molecular complexity index is 964. The van der Waals surface area contributed by atoms with Crippen molar-refractivity contribution in [1.29, 1.82) is 0 Å². The monoisotopic (exact) mass is 429 g/mol. The number of H-pyrrole nitrogens is 1. The molecule has 3 rings (SSSR count). The summed E-state index contributed by atoms with van der Waals surface area (Å²) in [5.74, 6) is 0.588. The van der Waals surface area contributed by atoms with E-state index in [1.807, 2.05) is 24.4 Å². The zero-order valence-electron chi connectivity index (χ0n) is 15.0. The van der Waals surface area contributed by atoms with E-state index in [9.17, 15) is 13.2 Å². The number of guanidine groups is 1. The number of alkyl halides is 3. The summed E-state index contributed by atoms with van der Waals surface area (Å²) in [6.45, 7) is 1.09. The molecule has 1 aromatic carbocycles. The van der Waals surface area contributed by atoms with Crippen LogP contribution >= 0.6 is 22.9 Å². The largest absolute Gasteiger partial charge is 0.434 e. The highest BCUT2D eigenvalue weighted by molar-refractivity contribution is 7.09. The Morgan fingerprint density at radius 2 is 2.00 bits per heavy atom. The van der Waals surface area contributed by atoms with Gasteiger partial charge in [-0.2, -0.15) is 13.2 Å². The van der Waals surface area contributed by atoms with Crippen molar-refractivity contribution < 1.29 is 13.2 Å². The summed E-state index contributed by atoms with van der Waals surface area (Å²) < 4.78 is 37.7. The molecular weight excluding hydrogens is 411 g/mol. The van der Waals surface area contributed by atoms with Crippen molar-refractivity contribution in [3.63, 3.8) is 0 Å². The van der Waals surface area contributed by atoms with Crippen molar-refractivity contribution in [2.45, 2.75) is 19.0 Å². The van der Waals surface area contributed by atoms with Crippen LogP contribution in [0.15, 0.2) is 34.8 Å². The summed E-state index contributed by atoms with van der Waals surface area (Å²) in [7, 11) is 1.64. The number of hydrogen-bond donors (Lipinski definition) is 3. The molecule has 28 heavy (non-hydrogen) atoms. The molecule has 0 atom stereocenters. The van der Waals surface area contributed by atoms with Gasteiger partial charge in [-0.25, -0.2) is 4.98 Å². The number of aromatic nitrogens is 2. The molecule has 0 saturated heterocycles. The normalized spacial score (nSPS) is 12.5. The average Bonchev–Trinajstić information content (AvgIpc) is 3.27. The van der Waals surface area contributed by atoms with Gasteiger partial charge in [0.2, 0.25) is 0 Å². The molecule has 0 fully saturated rings. The Morgan fingerprint density at radius 1 is 1.25 bits per heavy atom. The van der Waals surface area contributed by atoms with Crippen molar-refractivity contribution in [2.24, 2.45) is 4.99 Å². The van der Waals surface area contributed by atoms with Gasteiger partial charge in [-0.3, -0.25) is 4.99 Å². The number of nitrogens with zero attached hydrogens (tertiary/aromatic N) is 2. The molecule has 3 N–H and O–H groups in total. The first-order valence-electron chi connectivity index (χ1n) is 8.58. The minimum Gasteiger partial charge on any atom is -0.361 e. The van der Waals surface area contributed by atoms with Crippen LogP contribution in [0.5, 0.6) is 0 Å². The Hall–Kier alpha value is -2.26. The van der Waals surface area contributed by atoms with Crippen molar-refractivity contribution in [2.75, 3.05) is 20.1 Å². The summed E-state index contributed by atoms with van der Waals surface area (Å²) in [6.07, 6.45) is -1.28. The van der Waals surface area contributed by atoms with E-state index in [4.69, 9.17) is 11.6 Å². The molecule has 0 aliphatic carbocycles. The zero-order valence-corrected chi connectivity index (χ0v) is 16.6. The van der Waals surface area contributed by atoms with Gasteiger partial charge in [-0.1, -0.05) is 11.6 Å². The van der Waals surface area contributed by atoms with E-state index in [0.29, 0.717) is 35.5 Å². The minimum atomic E-state index is -4.40. The molecule has 10 heteroatoms. The van der Waals surface area contributed by atoms with Crippen molar-refractivity contribution in [3.8, 4) is 0 Å². The van der Waals surface area contributed by atoms with Gasteiger partial charge in [0.25, 0.3) is 0 Å². The second-order valence-electron chi connectivity index (χ2n) is 6.05. The molecule has 0 aliphatic heterocycles. The second kappa shape index (κ2) is 8.83. The van der Waals surface area contributed by atoms with E-state index in [1.54, 1.807) is 7.05 Å². The van der Waals surface area contributed by atoms with E-state index in [1.165, 1.54) is 0 Å². The number of aliphatic imine (C=N–C) groups is 1. The van der Waals surface area contributed by atoms with Gasteiger partial charge in [-0.05, 0) is 30.2 Å². The van der Waals surface area contributed by atoms with Gasteiger partial charge in [0.15, 0.2) is 11.7 Å². The second-order valence-corrected chi connectivity index (χ2v) is 7.43. The van der Waals surface area contributed by atoms with Gasteiger partial charge in [0.05, 0.1) is 5.01 Å². The third kappa shape index (κ3) is 5.17. The Morgan fingerprint density at radius 3 is 2.68 bits per heavy atom. The molecule has 0 amide bonds. The smallest absolute Gasteiger partial charge is 0.361 e. The van der Waals surface area contributed by atoms with E-state index >= 15 is 0 Å². The SMILES string of the molecule is CN=C(NCCc1nc(C(F)(F)F)cs1)NCCc1c[nH]c2ccc(Cl)cc12. The fraction of sp³-hybridized carbons (Fsp3) is 0.333. The van der Waals surface area contributed by atoms with Crippen LogP contribution in [0.2, 0.25) is 5.02 Å². The van der Waals surface area contributed by atoms with Crippen LogP contribution in [0.25, 0.3) is 10.9 Å². The molecule has 3 aromatic rings. The Kier molecular flexibility index (Phi) is 6.46. The number of thiazole rings is 1. The average molecular weight is 430 g/mol. The first kappa shape index (κ1) is 20.5. The van der Waals surface area contributed by atoms with Crippen LogP contribution in [0.1, 0.15) is 16.3 Å². The number of hydrogen-bond acceptors (Lipinski definition) is 3. The zero-order chi connectivity index (χ0) is 20.1. The van der Waals surface area contributed by atoms with Gasteiger partial charge in [0, 0.05) is 54.1 Å². The molecule has 2 heterocycles. The number of aromatic amines is 1. The van der Waals surface area contributed by atoms with Crippen LogP contribution in [0.4, 0.5) is 13.2 Å². The molecule has 5 nitrogen and oxygen atoms in total. The summed E-state index contributed by atoms with van der Waals surface area (Å²) in [4.78, 5) is 11.0. The molecule has 0 bridgehead atoms. The number of rotatable bonds is 6. The summed E-state index contributed by atoms with van der Waals surface area (Å²) >= 11 is 7.07. The van der Waals surface area contributed by atoms with Crippen molar-refractivity contribution >= 4 is 39.8 Å². The number of halogens is 4. The summed E-state index contributed by atoms with van der Waals surface area (Å²) in [6, 6.07) is 5.71. The Labute approximate surface area is 169 Å². The van der Waals surface area contributed by atoms with Gasteiger partial charge >= 0.3 is 6.18 Å². The van der Waals surface area contributed by atoms with E-state index in [2.05, 4.69) is 25.6 Å². The number of fused-ring (bicyclic) bond motifs is 1. The van der Waals surface area contributed by atoms with Crippen LogP contribution in [-0.2, 0) is 19.0 Å². The lowest BCUT2D eigenvalue weighted by molar-refractivity contribution is -0.140. The van der Waals surface area contributed by atoms with Crippen molar-refractivity contribution in [1.82, 2.24) is 20.6 Å². The molecule has 150 valence electrons. The van der Waals surface area contributed by atoms with Gasteiger partial charge in [0.1, 0.15) is 0 Å². The maximum absolute atomic E-state index is 12.6. The first-order valence-corrected chi connectivity index (χ1v) is 9.84. The fourth-order valence-electron chi connectivity index (χ4n) is 2.74. The quantitative estimate of drug-likeness (QED) is 0.405.